The van der Waals surface area contributed by atoms with E-state index in [2.05, 4.69) is 10.1 Å². The van der Waals surface area contributed by atoms with Gasteiger partial charge in [0.15, 0.2) is 0 Å². The molecular weight excluding hydrogens is 154 g/mol. The number of aliphatic hydroxyl groups excluding tert-OH is 1. The fourth-order valence-electron chi connectivity index (χ4n) is 1.79. The quantitative estimate of drug-likeness (QED) is 0.671. The minimum atomic E-state index is -0.236. The van der Waals surface area contributed by atoms with E-state index in [4.69, 9.17) is 0 Å². The number of nitrogens with zero attached hydrogens (tertiary/aromatic N) is 3. The van der Waals surface area contributed by atoms with Crippen LogP contribution in [0.5, 0.6) is 0 Å². The van der Waals surface area contributed by atoms with Gasteiger partial charge in [-0.25, -0.2) is 9.67 Å². The molecule has 4 heteroatoms. The van der Waals surface area contributed by atoms with Crippen molar-refractivity contribution in [2.24, 2.45) is 0 Å². The maximum Gasteiger partial charge on any atom is 0.137 e. The minimum Gasteiger partial charge on any atom is -0.391 e. The first-order chi connectivity index (χ1) is 5.88. The molecule has 0 saturated heterocycles. The summed E-state index contributed by atoms with van der Waals surface area (Å²) in [6.45, 7) is 0. The second-order valence-electron chi connectivity index (χ2n) is 3.29. The Labute approximate surface area is 71.2 Å². The van der Waals surface area contributed by atoms with Crippen LogP contribution in [-0.4, -0.2) is 26.0 Å². The van der Waals surface area contributed by atoms with E-state index in [9.17, 15) is 5.11 Å². The van der Waals surface area contributed by atoms with Crippen molar-refractivity contribution >= 4 is 0 Å². The van der Waals surface area contributed by atoms with E-state index in [-0.39, 0.29) is 12.1 Å². The molecule has 0 amide bonds. The van der Waals surface area contributed by atoms with Crippen molar-refractivity contribution in [2.45, 2.75) is 37.8 Å². The van der Waals surface area contributed by atoms with Crippen molar-refractivity contribution in [1.82, 2.24) is 14.8 Å². The molecule has 0 unspecified atom stereocenters. The summed E-state index contributed by atoms with van der Waals surface area (Å²) < 4.78 is 1.77. The maximum atomic E-state index is 9.65. The molecule has 1 aliphatic rings. The van der Waals surface area contributed by atoms with Crippen LogP contribution in [0.3, 0.4) is 0 Å². The van der Waals surface area contributed by atoms with Gasteiger partial charge in [0.1, 0.15) is 12.7 Å². The lowest BCUT2D eigenvalue weighted by Gasteiger charge is -2.27. The zero-order valence-corrected chi connectivity index (χ0v) is 6.93. The Morgan fingerprint density at radius 2 is 2.17 bits per heavy atom. The molecular formula is C8H13N3O. The molecule has 0 aliphatic heterocycles. The Balaban J connectivity index is 2.11. The molecule has 12 heavy (non-hydrogen) atoms. The molecule has 2 rings (SSSR count). The number of aromatic nitrogens is 3. The van der Waals surface area contributed by atoms with E-state index in [0.29, 0.717) is 0 Å². The number of aliphatic hydroxyl groups is 1. The van der Waals surface area contributed by atoms with Crippen LogP contribution in [0.15, 0.2) is 12.7 Å². The molecule has 2 atom stereocenters. The average molecular weight is 167 g/mol. The van der Waals surface area contributed by atoms with Gasteiger partial charge in [0.05, 0.1) is 12.1 Å². The number of hydrogen-bond acceptors (Lipinski definition) is 3. The smallest absolute Gasteiger partial charge is 0.137 e. The first-order valence-electron chi connectivity index (χ1n) is 4.40. The molecule has 4 nitrogen and oxygen atoms in total. The Morgan fingerprint density at radius 3 is 2.83 bits per heavy atom. The maximum absolute atomic E-state index is 9.65. The van der Waals surface area contributed by atoms with E-state index in [1.54, 1.807) is 11.0 Å². The van der Waals surface area contributed by atoms with Crippen LogP contribution in [0.25, 0.3) is 0 Å². The van der Waals surface area contributed by atoms with Gasteiger partial charge in [-0.1, -0.05) is 12.8 Å². The lowest BCUT2D eigenvalue weighted by atomic mass is 9.93. The van der Waals surface area contributed by atoms with Crippen molar-refractivity contribution in [3.63, 3.8) is 0 Å². The summed E-state index contributed by atoms with van der Waals surface area (Å²) in [5, 5.41) is 13.7. The van der Waals surface area contributed by atoms with Crippen LogP contribution >= 0.6 is 0 Å². The second kappa shape index (κ2) is 3.23. The van der Waals surface area contributed by atoms with Crippen LogP contribution in [0.2, 0.25) is 0 Å². The summed E-state index contributed by atoms with van der Waals surface area (Å²) in [6.07, 6.45) is 7.18. The highest BCUT2D eigenvalue weighted by Gasteiger charge is 2.24. The molecule has 0 spiro atoms. The summed E-state index contributed by atoms with van der Waals surface area (Å²) in [4.78, 5) is 3.87. The Hall–Kier alpha value is -0.900. The van der Waals surface area contributed by atoms with E-state index >= 15 is 0 Å². The number of rotatable bonds is 1. The highest BCUT2D eigenvalue weighted by atomic mass is 16.3. The van der Waals surface area contributed by atoms with Crippen molar-refractivity contribution in [1.29, 1.82) is 0 Å². The van der Waals surface area contributed by atoms with Crippen molar-refractivity contribution < 1.29 is 5.11 Å². The van der Waals surface area contributed by atoms with E-state index in [1.165, 1.54) is 12.7 Å². The normalized spacial score (nSPS) is 30.4. The minimum absolute atomic E-state index is 0.154. The van der Waals surface area contributed by atoms with Gasteiger partial charge in [0.25, 0.3) is 0 Å². The van der Waals surface area contributed by atoms with Gasteiger partial charge in [0.2, 0.25) is 0 Å². The van der Waals surface area contributed by atoms with Crippen molar-refractivity contribution in [2.75, 3.05) is 0 Å². The van der Waals surface area contributed by atoms with Crippen LogP contribution in [0.4, 0.5) is 0 Å². The van der Waals surface area contributed by atoms with Gasteiger partial charge in [-0.3, -0.25) is 0 Å². The van der Waals surface area contributed by atoms with Gasteiger partial charge < -0.3 is 5.11 Å². The third-order valence-electron chi connectivity index (χ3n) is 2.47. The SMILES string of the molecule is O[C@H]1CCCC[C@@H]1n1cncn1. The van der Waals surface area contributed by atoms with Gasteiger partial charge in [-0.2, -0.15) is 5.10 Å². The molecule has 1 saturated carbocycles. The third-order valence-corrected chi connectivity index (χ3v) is 2.47. The van der Waals surface area contributed by atoms with Gasteiger partial charge in [0, 0.05) is 0 Å². The molecule has 0 bridgehead atoms. The predicted molar refractivity (Wildman–Crippen MR) is 43.5 cm³/mol. The Bertz CT molecular complexity index is 234. The molecule has 1 aliphatic carbocycles. The van der Waals surface area contributed by atoms with Crippen LogP contribution in [0.1, 0.15) is 31.7 Å². The third kappa shape index (κ3) is 1.34. The first kappa shape index (κ1) is 7.73. The van der Waals surface area contributed by atoms with Gasteiger partial charge >= 0.3 is 0 Å². The first-order valence-corrected chi connectivity index (χ1v) is 4.40. The molecule has 0 aromatic carbocycles. The zero-order valence-electron chi connectivity index (χ0n) is 6.93. The van der Waals surface area contributed by atoms with Crippen LogP contribution < -0.4 is 0 Å². The highest BCUT2D eigenvalue weighted by molar-refractivity contribution is 4.79. The average Bonchev–Trinajstić information content (AvgIpc) is 2.57. The predicted octanol–water partition coefficient (Wildman–Crippen LogP) is 0.754. The van der Waals surface area contributed by atoms with Gasteiger partial charge in [-0.15, -0.1) is 0 Å². The molecule has 1 N–H and O–H groups in total. The molecule has 1 aromatic heterocycles. The standard InChI is InChI=1S/C8H13N3O/c12-8-4-2-1-3-7(8)11-6-9-5-10-11/h5-8,12H,1-4H2/t7-,8-/m0/s1. The molecule has 1 aromatic rings. The summed E-state index contributed by atoms with van der Waals surface area (Å²) in [5.74, 6) is 0. The number of hydrogen-bond donors (Lipinski definition) is 1. The van der Waals surface area contributed by atoms with E-state index in [0.717, 1.165) is 19.3 Å². The van der Waals surface area contributed by atoms with Crippen molar-refractivity contribution in [3.8, 4) is 0 Å². The Morgan fingerprint density at radius 1 is 1.33 bits per heavy atom. The van der Waals surface area contributed by atoms with E-state index < -0.39 is 0 Å². The lowest BCUT2D eigenvalue weighted by Crippen LogP contribution is -2.27. The second-order valence-corrected chi connectivity index (χ2v) is 3.29. The van der Waals surface area contributed by atoms with Crippen LogP contribution in [0, 0.1) is 0 Å². The van der Waals surface area contributed by atoms with E-state index in [1.807, 2.05) is 0 Å². The van der Waals surface area contributed by atoms with Crippen LogP contribution in [-0.2, 0) is 0 Å². The van der Waals surface area contributed by atoms with Crippen molar-refractivity contribution in [3.05, 3.63) is 12.7 Å². The fraction of sp³-hybridized carbons (Fsp3) is 0.750. The molecule has 1 heterocycles. The summed E-state index contributed by atoms with van der Waals surface area (Å²) in [7, 11) is 0. The molecule has 0 radical (unpaired) electrons. The van der Waals surface area contributed by atoms with Gasteiger partial charge in [-0.05, 0) is 12.8 Å². The molecule has 66 valence electrons. The largest absolute Gasteiger partial charge is 0.391 e. The molecule has 1 fully saturated rings. The lowest BCUT2D eigenvalue weighted by molar-refractivity contribution is 0.0693. The topological polar surface area (TPSA) is 50.9 Å². The summed E-state index contributed by atoms with van der Waals surface area (Å²) in [5.41, 5.74) is 0. The summed E-state index contributed by atoms with van der Waals surface area (Å²) >= 11 is 0. The zero-order chi connectivity index (χ0) is 8.39. The monoisotopic (exact) mass is 167 g/mol. The fourth-order valence-corrected chi connectivity index (χ4v) is 1.79. The highest BCUT2D eigenvalue weighted by Crippen LogP contribution is 2.27. The Kier molecular flexibility index (Phi) is 2.08. The summed E-state index contributed by atoms with van der Waals surface area (Å²) in [6, 6.07) is 0.154.